The first-order chi connectivity index (χ1) is 10.1. The molecule has 0 amide bonds. The highest BCUT2D eigenvalue weighted by Crippen LogP contribution is 2.28. The lowest BCUT2D eigenvalue weighted by atomic mass is 10.0. The average Bonchev–Trinajstić information content (AvgIpc) is 2.90. The highest BCUT2D eigenvalue weighted by atomic mass is 15.4. The van der Waals surface area contributed by atoms with E-state index in [-0.39, 0.29) is 0 Å². The monoisotopic (exact) mass is 298 g/mol. The summed E-state index contributed by atoms with van der Waals surface area (Å²) in [7, 11) is 2.49. The van der Waals surface area contributed by atoms with E-state index < -0.39 is 0 Å². The van der Waals surface area contributed by atoms with Gasteiger partial charge in [-0.1, -0.05) is 27.7 Å². The molecule has 0 aromatic carbocycles. The Kier molecular flexibility index (Phi) is 8.26. The van der Waals surface area contributed by atoms with Crippen molar-refractivity contribution in [2.45, 2.75) is 78.7 Å². The van der Waals surface area contributed by atoms with E-state index in [1.54, 1.807) is 0 Å². The molecule has 0 aliphatic carbocycles. The van der Waals surface area contributed by atoms with E-state index in [0.717, 1.165) is 6.04 Å². The van der Waals surface area contributed by atoms with Gasteiger partial charge < -0.3 is 8.97 Å². The van der Waals surface area contributed by atoms with Crippen LogP contribution in [0.15, 0.2) is 0 Å². The quantitative estimate of drug-likeness (QED) is 0.495. The summed E-state index contributed by atoms with van der Waals surface area (Å²) in [5, 5.41) is 0. The van der Waals surface area contributed by atoms with Crippen LogP contribution in [0.25, 0.3) is 0 Å². The van der Waals surface area contributed by atoms with Gasteiger partial charge in [-0.2, -0.15) is 0 Å². The van der Waals surface area contributed by atoms with Crippen molar-refractivity contribution in [3.8, 4) is 0 Å². The van der Waals surface area contributed by atoms with Gasteiger partial charge in [-0.25, -0.2) is 0 Å². The Labute approximate surface area is 134 Å². The molecule has 0 spiro atoms. The summed E-state index contributed by atoms with van der Waals surface area (Å²) in [5.41, 5.74) is 0. The van der Waals surface area contributed by atoms with Gasteiger partial charge in [0.1, 0.15) is 0 Å². The maximum absolute atomic E-state index is 2.49. The number of hydrogen-bond acceptors (Lipinski definition) is 0. The van der Waals surface area contributed by atoms with E-state index >= 15 is 0 Å². The third kappa shape index (κ3) is 5.25. The molecule has 0 saturated carbocycles. The van der Waals surface area contributed by atoms with Gasteiger partial charge in [0.25, 0.3) is 0 Å². The average molecular weight is 299 g/mol. The van der Waals surface area contributed by atoms with Crippen molar-refractivity contribution in [1.82, 2.24) is 0 Å². The summed E-state index contributed by atoms with van der Waals surface area (Å²) in [4.78, 5) is 0. The van der Waals surface area contributed by atoms with Crippen molar-refractivity contribution in [3.63, 3.8) is 0 Å². The highest BCUT2D eigenvalue weighted by Gasteiger charge is 2.39. The van der Waals surface area contributed by atoms with E-state index in [9.17, 15) is 0 Å². The predicted octanol–water partition coefficient (Wildman–Crippen LogP) is 4.44. The fraction of sp³-hybridized carbons (Fsp3) is 1.00. The van der Waals surface area contributed by atoms with E-state index in [0.29, 0.717) is 0 Å². The number of hydrogen-bond donors (Lipinski definition) is 0. The van der Waals surface area contributed by atoms with Crippen molar-refractivity contribution >= 4 is 0 Å². The molecule has 0 aromatic heterocycles. The lowest BCUT2D eigenvalue weighted by Crippen LogP contribution is -2.56. The van der Waals surface area contributed by atoms with Gasteiger partial charge >= 0.3 is 0 Å². The summed E-state index contributed by atoms with van der Waals surface area (Å²) in [5.74, 6) is 0. The third-order valence-electron chi connectivity index (χ3n) is 5.90. The molecule has 21 heavy (non-hydrogen) atoms. The van der Waals surface area contributed by atoms with Crippen LogP contribution in [0.2, 0.25) is 0 Å². The van der Waals surface area contributed by atoms with Gasteiger partial charge in [-0.15, -0.1) is 0 Å². The lowest BCUT2D eigenvalue weighted by Gasteiger charge is -2.43. The Bertz CT molecular complexity index is 263. The largest absolute Gasteiger partial charge is 0.326 e. The van der Waals surface area contributed by atoms with Crippen LogP contribution >= 0.6 is 0 Å². The summed E-state index contributed by atoms with van der Waals surface area (Å²) < 4.78 is 2.75. The van der Waals surface area contributed by atoms with Crippen LogP contribution in [0.5, 0.6) is 0 Å². The second-order valence-electron chi connectivity index (χ2n) is 7.74. The molecule has 1 rings (SSSR count). The molecular weight excluding hydrogens is 256 g/mol. The van der Waals surface area contributed by atoms with Crippen molar-refractivity contribution in [1.29, 1.82) is 0 Å². The number of nitrogens with zero attached hydrogens (tertiary/aromatic N) is 2. The van der Waals surface area contributed by atoms with Gasteiger partial charge in [-0.3, -0.25) is 0 Å². The summed E-state index contributed by atoms with van der Waals surface area (Å²) >= 11 is 0. The minimum Gasteiger partial charge on any atom is -0.326 e. The molecule has 1 unspecified atom stereocenters. The van der Waals surface area contributed by atoms with Crippen molar-refractivity contribution in [3.05, 3.63) is 0 Å². The molecule has 0 aromatic rings. The smallest absolute Gasteiger partial charge is 0.0942 e. The fourth-order valence-electron chi connectivity index (χ4n) is 4.92. The van der Waals surface area contributed by atoms with Gasteiger partial charge in [0.05, 0.1) is 52.4 Å². The molecule has 126 valence electrons. The topological polar surface area (TPSA) is 0 Å². The maximum atomic E-state index is 2.49. The van der Waals surface area contributed by atoms with Crippen molar-refractivity contribution < 1.29 is 8.97 Å². The van der Waals surface area contributed by atoms with E-state index in [1.807, 2.05) is 0 Å². The first-order valence-electron chi connectivity index (χ1n) is 9.75. The predicted molar refractivity (Wildman–Crippen MR) is 94.4 cm³/mol. The maximum Gasteiger partial charge on any atom is 0.0942 e. The normalized spacial score (nSPS) is 19.9. The van der Waals surface area contributed by atoms with Gasteiger partial charge in [0.2, 0.25) is 0 Å². The van der Waals surface area contributed by atoms with E-state index in [4.69, 9.17) is 0 Å². The molecular formula is C19H42N2+2. The summed E-state index contributed by atoms with van der Waals surface area (Å²) in [6.45, 7) is 17.9. The second-order valence-corrected chi connectivity index (χ2v) is 7.74. The molecule has 1 saturated heterocycles. The van der Waals surface area contributed by atoms with Crippen molar-refractivity contribution in [2.24, 2.45) is 0 Å². The Morgan fingerprint density at radius 1 is 0.857 bits per heavy atom. The SMILES string of the molecule is CCC[N+](C)(CCC)CCC(CC)[N+]1(CCC)CCCC1. The fourth-order valence-corrected chi connectivity index (χ4v) is 4.92. The van der Waals surface area contributed by atoms with E-state index in [2.05, 4.69) is 34.7 Å². The van der Waals surface area contributed by atoms with Gasteiger partial charge in [0, 0.05) is 19.3 Å². The Hall–Kier alpha value is -0.0800. The van der Waals surface area contributed by atoms with Gasteiger partial charge in [0.15, 0.2) is 0 Å². The molecule has 2 nitrogen and oxygen atoms in total. The van der Waals surface area contributed by atoms with Crippen LogP contribution in [0.1, 0.15) is 72.6 Å². The molecule has 1 heterocycles. The van der Waals surface area contributed by atoms with Crippen LogP contribution in [0, 0.1) is 0 Å². The van der Waals surface area contributed by atoms with Crippen LogP contribution in [-0.4, -0.2) is 61.3 Å². The lowest BCUT2D eigenvalue weighted by molar-refractivity contribution is -0.950. The third-order valence-corrected chi connectivity index (χ3v) is 5.90. The molecule has 0 radical (unpaired) electrons. The summed E-state index contributed by atoms with van der Waals surface area (Å²) in [6.07, 6.45) is 9.74. The zero-order valence-electron chi connectivity index (χ0n) is 15.7. The molecule has 0 bridgehead atoms. The molecule has 1 aliphatic heterocycles. The number of quaternary nitrogens is 2. The molecule has 1 atom stereocenters. The molecule has 0 N–H and O–H groups in total. The van der Waals surface area contributed by atoms with Crippen LogP contribution in [0.4, 0.5) is 0 Å². The minimum absolute atomic E-state index is 0.915. The number of likely N-dealkylation sites (tertiary alicyclic amines) is 1. The zero-order chi connectivity index (χ0) is 15.8. The second kappa shape index (κ2) is 9.15. The van der Waals surface area contributed by atoms with Crippen LogP contribution in [-0.2, 0) is 0 Å². The minimum atomic E-state index is 0.915. The molecule has 2 heteroatoms. The first-order valence-corrected chi connectivity index (χ1v) is 9.75. The Balaban J connectivity index is 2.67. The standard InChI is InChI=1S/C19H42N2/c1-6-13-20(5,14-7-2)18-12-19(9-4)21(15-8-3)16-10-11-17-21/h19H,6-18H2,1-5H3/q+2. The van der Waals surface area contributed by atoms with Crippen LogP contribution < -0.4 is 0 Å². The number of rotatable bonds is 11. The van der Waals surface area contributed by atoms with Crippen LogP contribution in [0.3, 0.4) is 0 Å². The van der Waals surface area contributed by atoms with Gasteiger partial charge in [-0.05, 0) is 25.7 Å². The van der Waals surface area contributed by atoms with Crippen molar-refractivity contribution in [2.75, 3.05) is 46.3 Å². The molecule has 1 fully saturated rings. The Morgan fingerprint density at radius 2 is 1.43 bits per heavy atom. The summed E-state index contributed by atoms with van der Waals surface area (Å²) in [6, 6.07) is 0.915. The first kappa shape index (κ1) is 19.0. The molecule has 1 aliphatic rings. The van der Waals surface area contributed by atoms with E-state index in [1.165, 1.54) is 93.2 Å². The highest BCUT2D eigenvalue weighted by molar-refractivity contribution is 4.65. The zero-order valence-corrected chi connectivity index (χ0v) is 15.7. The Morgan fingerprint density at radius 3 is 1.86 bits per heavy atom.